The number of rotatable bonds is 30. The number of carboxylic acid groups (broad SMARTS) is 1. The van der Waals surface area contributed by atoms with Gasteiger partial charge < -0.3 is 73.5 Å². The number of halogens is 11. The third-order valence-electron chi connectivity index (χ3n) is 20.9. The van der Waals surface area contributed by atoms with E-state index in [0.717, 1.165) is 55.0 Å². The first-order valence-corrected chi connectivity index (χ1v) is 46.7. The summed E-state index contributed by atoms with van der Waals surface area (Å²) in [6.07, 6.45) is -0.864. The van der Waals surface area contributed by atoms with Gasteiger partial charge >= 0.3 is 23.6 Å². The fourth-order valence-electron chi connectivity index (χ4n) is 14.3. The van der Waals surface area contributed by atoms with E-state index in [1.165, 1.54) is 36.2 Å². The summed E-state index contributed by atoms with van der Waals surface area (Å²) in [5.41, 5.74) is 5.67. The van der Waals surface area contributed by atoms with E-state index < -0.39 is 40.2 Å². The van der Waals surface area contributed by atoms with Gasteiger partial charge in [0, 0.05) is 171 Å². The summed E-state index contributed by atoms with van der Waals surface area (Å²) in [7, 11) is 6.04. The van der Waals surface area contributed by atoms with E-state index in [0.29, 0.717) is 153 Å². The monoisotopic (exact) mass is 1970 g/mol. The van der Waals surface area contributed by atoms with Gasteiger partial charge in [-0.25, -0.2) is 27.6 Å². The molecule has 0 spiro atoms. The van der Waals surface area contributed by atoms with Gasteiger partial charge in [-0.05, 0) is 165 Å². The van der Waals surface area contributed by atoms with Crippen LogP contribution in [0.2, 0.25) is 20.1 Å². The second kappa shape index (κ2) is 58.1. The van der Waals surface area contributed by atoms with Crippen LogP contribution in [-0.4, -0.2) is 219 Å². The van der Waals surface area contributed by atoms with Gasteiger partial charge in [-0.15, -0.1) is 24.0 Å². The number of nitrogens with one attached hydrogen (secondary N) is 1. The molecule has 0 radical (unpaired) electrons. The van der Waals surface area contributed by atoms with Crippen molar-refractivity contribution in [2.24, 2.45) is 29.6 Å². The molecule has 722 valence electrons. The predicted octanol–water partition coefficient (Wildman–Crippen LogP) is 22.9. The maximum absolute atomic E-state index is 15.2. The number of piperazine rings is 3. The van der Waals surface area contributed by atoms with Crippen molar-refractivity contribution in [3.8, 4) is 0 Å². The van der Waals surface area contributed by atoms with E-state index in [1.807, 2.05) is 131 Å². The number of amides is 3. The zero-order chi connectivity index (χ0) is 96.0. The summed E-state index contributed by atoms with van der Waals surface area (Å²) in [4.78, 5) is 73.7. The van der Waals surface area contributed by atoms with Gasteiger partial charge in [0.2, 0.25) is 5.91 Å². The van der Waals surface area contributed by atoms with Gasteiger partial charge in [0.05, 0.1) is 54.5 Å². The van der Waals surface area contributed by atoms with Crippen molar-refractivity contribution in [2.75, 3.05) is 153 Å². The highest BCUT2D eigenvalue weighted by molar-refractivity contribution is 6.61. The van der Waals surface area contributed by atoms with Gasteiger partial charge in [-0.3, -0.25) is 14.5 Å². The minimum absolute atomic E-state index is 0. The van der Waals surface area contributed by atoms with Gasteiger partial charge in [-0.1, -0.05) is 223 Å². The number of carbonyl (C=O) groups excluding carboxylic acids is 4. The number of benzene rings is 7. The molecule has 0 aromatic heterocycles. The number of aliphatic hydroxyl groups excluding tert-OH is 1. The average Bonchev–Trinajstić information content (AvgIpc) is 0.769. The number of hydrogen-bond acceptors (Lipinski definition) is 17. The molecule has 32 heteroatoms. The molecule has 0 bridgehead atoms. The molecule has 3 N–H and O–H groups in total. The Labute approximate surface area is 811 Å². The minimum Gasteiger partial charge on any atom is -0.481 e. The lowest BCUT2D eigenvalue weighted by Crippen LogP contribution is -2.50. The molecule has 3 aliphatic heterocycles. The maximum atomic E-state index is 15.2. The number of carboxylic acids is 1. The number of aliphatic carboxylic acids is 1. The highest BCUT2D eigenvalue weighted by atomic mass is 35.5. The van der Waals surface area contributed by atoms with Crippen LogP contribution in [0.5, 0.6) is 0 Å². The van der Waals surface area contributed by atoms with Crippen LogP contribution in [0, 0.1) is 47.0 Å². The summed E-state index contributed by atoms with van der Waals surface area (Å²) in [6, 6.07) is 46.4. The molecule has 3 saturated heterocycles. The Bertz CT molecular complexity index is 4540. The van der Waals surface area contributed by atoms with E-state index in [9.17, 15) is 33.5 Å². The van der Waals surface area contributed by atoms with Crippen molar-refractivity contribution in [3.05, 3.63) is 228 Å². The van der Waals surface area contributed by atoms with Crippen molar-refractivity contribution in [2.45, 2.75) is 165 Å². The average molecular weight is 1970 g/mol. The number of likely N-dealkylation sites (N-methyl/N-ethyl adjacent to an activating group) is 2. The Kier molecular flexibility index (Phi) is 51.5. The second-order valence-corrected chi connectivity index (χ2v) is 38.2. The molecule has 6 atom stereocenters. The van der Waals surface area contributed by atoms with Crippen molar-refractivity contribution >= 4 is 140 Å². The lowest BCUT2D eigenvalue weighted by atomic mass is 9.96. The maximum Gasteiger partial charge on any atom is 0.410 e. The van der Waals surface area contributed by atoms with E-state index in [4.69, 9.17) is 105 Å². The van der Waals surface area contributed by atoms with Crippen LogP contribution >= 0.6 is 93.6 Å². The molecule has 10 rings (SSSR count). The fraction of sp³-hybridized carbons (Fsp3) is 0.520. The summed E-state index contributed by atoms with van der Waals surface area (Å²) in [5.74, 6) is -1.19. The van der Waals surface area contributed by atoms with Crippen molar-refractivity contribution in [1.82, 2.24) is 29.8 Å². The highest BCUT2D eigenvalue weighted by Crippen LogP contribution is 2.40. The van der Waals surface area contributed by atoms with Crippen LogP contribution < -0.4 is 20.0 Å². The lowest BCUT2D eigenvalue weighted by molar-refractivity contribution is -0.141. The molecule has 21 nitrogen and oxygen atoms in total. The number of hydrogen-bond donors (Lipinski definition) is 3. The molecule has 7 aromatic carbocycles. The molecule has 7 aromatic rings. The quantitative estimate of drug-likeness (QED) is 0.0165. The van der Waals surface area contributed by atoms with Crippen molar-refractivity contribution in [1.29, 1.82) is 0 Å². The number of anilines is 3. The topological polar surface area (TPSA) is 210 Å². The van der Waals surface area contributed by atoms with Gasteiger partial charge in [-0.2, -0.15) is 0 Å². The van der Waals surface area contributed by atoms with Gasteiger partial charge in [0.15, 0.2) is 5.56 Å². The van der Waals surface area contributed by atoms with E-state index in [1.54, 1.807) is 71.3 Å². The van der Waals surface area contributed by atoms with Crippen molar-refractivity contribution in [3.63, 3.8) is 0 Å². The molecule has 3 amide bonds. The summed E-state index contributed by atoms with van der Waals surface area (Å²) in [6.45, 7) is 39.9. The third-order valence-corrected chi connectivity index (χ3v) is 22.4. The molecule has 0 saturated carbocycles. The van der Waals surface area contributed by atoms with Crippen LogP contribution in [-0.2, 0) is 59.2 Å². The van der Waals surface area contributed by atoms with Crippen LogP contribution in [0.4, 0.5) is 44.6 Å². The SMILES string of the molecule is CC(C)C(O)c1cccc(F)c1N1CCN(C(=O)OC(C)(C)C)CC1.CC(C)C(OCCN(C)Cc1ccccc1)c1cccc(F)c1N1CCN(C(=O)OC(C)(C)C)CC1.CC(Cl)OC(=O)Cl.CN(CCCl)Cc1ccccc1.CNCCOC(c1cccc(F)c1N1CCN(C(=O)[C@H](C)Cc2ccc(Cl)cc2Cl)CC1)C(C)C.C[C@H](Cc1ccc(Cl)cc1Cl)C(=O)O.Cl. The van der Waals surface area contributed by atoms with Gasteiger partial charge in [0.1, 0.15) is 28.7 Å². The predicted molar refractivity (Wildman–Crippen MR) is 526 cm³/mol. The first-order valence-electron chi connectivity index (χ1n) is 43.9. The number of para-hydroxylation sites is 3. The molecular weight excluding hydrogens is 1840 g/mol. The van der Waals surface area contributed by atoms with Crippen LogP contribution in [0.3, 0.4) is 0 Å². The van der Waals surface area contributed by atoms with Crippen LogP contribution in [0.25, 0.3) is 0 Å². The Morgan fingerprint density at radius 3 is 1.18 bits per heavy atom. The number of nitrogens with zero attached hydrogens (tertiary/aromatic N) is 8. The van der Waals surface area contributed by atoms with E-state index in [2.05, 4.69) is 98.0 Å². The minimum atomic E-state index is -0.873. The Balaban J connectivity index is 0.000000349. The molecular formula is C98H136Cl8F3N9O12. The number of ether oxygens (including phenoxy) is 5. The summed E-state index contributed by atoms with van der Waals surface area (Å²) in [5, 5.41) is 24.5. The summed E-state index contributed by atoms with van der Waals surface area (Å²) < 4.78 is 72.4. The highest BCUT2D eigenvalue weighted by Gasteiger charge is 2.35. The van der Waals surface area contributed by atoms with E-state index in [-0.39, 0.29) is 83.8 Å². The zero-order valence-electron chi connectivity index (χ0n) is 78.4. The molecule has 3 aliphatic rings. The first kappa shape index (κ1) is 115. The smallest absolute Gasteiger partial charge is 0.410 e. The largest absolute Gasteiger partial charge is 0.481 e. The second-order valence-electron chi connectivity index (χ2n) is 35.2. The Hall–Kier alpha value is -7.24. The summed E-state index contributed by atoms with van der Waals surface area (Å²) >= 11 is 39.4. The molecule has 0 aliphatic carbocycles. The number of aliphatic hydroxyl groups is 1. The molecule has 3 fully saturated rings. The fourth-order valence-corrected chi connectivity index (χ4v) is 15.8. The zero-order valence-corrected chi connectivity index (χ0v) is 84.5. The van der Waals surface area contributed by atoms with E-state index >= 15 is 8.78 Å². The van der Waals surface area contributed by atoms with Crippen LogP contribution in [0.1, 0.15) is 161 Å². The molecule has 3 heterocycles. The number of carbonyl (C=O) groups is 5. The normalized spacial score (nSPS) is 14.9. The molecule has 4 unspecified atom stereocenters. The van der Waals surface area contributed by atoms with Crippen molar-refractivity contribution < 1.29 is 71.0 Å². The lowest BCUT2D eigenvalue weighted by Gasteiger charge is -2.39. The first-order chi connectivity index (χ1) is 60.8. The van der Waals surface area contributed by atoms with Crippen LogP contribution in [0.15, 0.2) is 152 Å². The molecule has 130 heavy (non-hydrogen) atoms. The Morgan fingerprint density at radius 2 is 0.846 bits per heavy atom. The van der Waals surface area contributed by atoms with Gasteiger partial charge in [0.25, 0.3) is 0 Å². The third kappa shape index (κ3) is 40.5. The Morgan fingerprint density at radius 1 is 0.485 bits per heavy atom. The number of alkyl halides is 2. The standard InChI is InChI=1S/C29H42FN3O3.C27H36Cl2FN3O2.C19H29FN2O3.C10H10Cl2O2.C10H14ClN.C3H4Cl2O2.ClH/c1-22(2)27(35-20-19-31(6)21-23-11-8-7-9-12-23)24-13-10-14-25(30)26(24)32-15-17-33(18-16-32)28(34)36-29(3,4)5;1-18(2)26(35-15-10-31-4)22-6-5-7-24(30)25(22)32-11-13-33(14-12-32)27(34)19(3)16-20-8-9-21(28)17-23(20)29;1-13(2)17(23)14-7-6-8-15(20)16(14)21-9-11-22(12-10-21)18(24)25-19(3,4)5;1-6(10(13)14)4-7-2-3-8(11)5-9(7)12;1-12(8-7-11)9-10-5-3-2-4-6-10;1-2(4)7-3(5)6;/h7-14,22,27H,15-21H2,1-6H3;5-9,17-19,26,31H,10-16H2,1-4H3;6-8,13,17,23H,9-12H2,1-5H3;2-3,5-6H,4H2,1H3,(H,13,14);2-6H,7-9H2,1H3;2H,1H3;1H/t;19-,26?;;6-;;;/m.1.1.../s1.